The Kier molecular flexibility index (Phi) is 28.5. The Balaban J connectivity index is 0.000000886. The topological polar surface area (TPSA) is 86.7 Å². The molecule has 0 amide bonds. The minimum atomic E-state index is -6.85. The molecule has 4 aliphatic carbocycles. The Morgan fingerprint density at radius 1 is 0.625 bits per heavy atom. The zero-order valence-electron chi connectivity index (χ0n) is 36.7. The van der Waals surface area contributed by atoms with E-state index in [0.717, 1.165) is 72.4 Å². The number of fused-ring (bicyclic) bond motifs is 2. The van der Waals surface area contributed by atoms with E-state index in [-0.39, 0.29) is 57.0 Å². The van der Waals surface area contributed by atoms with Crippen LogP contribution in [0.2, 0.25) is 0 Å². The molecule has 17 heteroatoms. The quantitative estimate of drug-likeness (QED) is 0.0733. The predicted octanol–water partition coefficient (Wildman–Crippen LogP) is 10.8. The third-order valence-corrected chi connectivity index (χ3v) is 15.2. The van der Waals surface area contributed by atoms with Gasteiger partial charge in [0.15, 0.2) is 0 Å². The van der Waals surface area contributed by atoms with Crippen molar-refractivity contribution in [2.24, 2.45) is 35.5 Å². The van der Waals surface area contributed by atoms with Gasteiger partial charge >= 0.3 is 54.3 Å². The molecule has 6 nitrogen and oxygen atoms in total. The van der Waals surface area contributed by atoms with Crippen LogP contribution < -0.4 is 21.7 Å². The van der Waals surface area contributed by atoms with Crippen LogP contribution in [-0.2, 0) is 30.3 Å². The van der Waals surface area contributed by atoms with Crippen molar-refractivity contribution in [3.05, 3.63) is 123 Å². The first-order chi connectivity index (χ1) is 28.7. The Bertz CT molecular complexity index is 1870. The van der Waals surface area contributed by atoms with Gasteiger partial charge in [0.25, 0.3) is 0 Å². The monoisotopic (exact) mass is 1080 g/mol. The normalized spacial score (nSPS) is 25.1. The molecule has 358 valence electrons. The van der Waals surface area contributed by atoms with Gasteiger partial charge in [-0.2, -0.15) is 49.6 Å². The molecule has 4 fully saturated rings. The van der Waals surface area contributed by atoms with Crippen LogP contribution in [0.5, 0.6) is 5.75 Å². The number of alkyl halides is 6. The molecule has 0 heterocycles. The van der Waals surface area contributed by atoms with Crippen molar-refractivity contribution in [3.8, 4) is 5.75 Å². The second-order valence-electron chi connectivity index (χ2n) is 16.5. The van der Waals surface area contributed by atoms with Gasteiger partial charge in [0.05, 0.1) is 7.11 Å². The summed E-state index contributed by atoms with van der Waals surface area (Å²) < 4.78 is 115. The molecule has 0 aromatic heterocycles. The third-order valence-electron chi connectivity index (χ3n) is 12.6. The first kappa shape index (κ1) is 62.4. The summed E-state index contributed by atoms with van der Waals surface area (Å²) in [6.45, 7) is 18.7. The van der Waals surface area contributed by atoms with Crippen molar-refractivity contribution >= 4 is 60.3 Å². The average molecular weight is 1090 g/mol. The zero-order chi connectivity index (χ0) is 45.4. The van der Waals surface area contributed by atoms with Crippen LogP contribution in [0.25, 0.3) is 0 Å². The number of rotatable bonds is 11. The van der Waals surface area contributed by atoms with E-state index in [1.54, 1.807) is 18.7 Å². The van der Waals surface area contributed by atoms with Gasteiger partial charge in [-0.1, -0.05) is 54.6 Å². The maximum absolute atomic E-state index is 11.4. The molecular formula is C47H64Br2F6MgO6S2. The molecule has 0 N–H and O–H groups in total. The first-order valence-corrected chi connectivity index (χ1v) is 23.9. The number of benzene rings is 2. The molecule has 64 heavy (non-hydrogen) atoms. The van der Waals surface area contributed by atoms with Crippen molar-refractivity contribution in [1.82, 2.24) is 0 Å². The summed E-state index contributed by atoms with van der Waals surface area (Å²) in [5, 5.41) is 0. The molecule has 2 aromatic rings. The van der Waals surface area contributed by atoms with Gasteiger partial charge in [0, 0.05) is 0 Å². The summed E-state index contributed by atoms with van der Waals surface area (Å²) in [6.07, 6.45) is 28.0. The maximum atomic E-state index is 11.4. The first-order valence-electron chi connectivity index (χ1n) is 21.0. The van der Waals surface area contributed by atoms with Crippen molar-refractivity contribution in [1.29, 1.82) is 0 Å². The van der Waals surface area contributed by atoms with Crippen LogP contribution >= 0.6 is 17.0 Å². The smallest absolute Gasteiger partial charge is 1.00 e. The number of ether oxygens (including phenoxy) is 1. The van der Waals surface area contributed by atoms with Gasteiger partial charge < -0.3 is 28.6 Å². The molecule has 0 saturated heterocycles. The molecule has 0 aliphatic heterocycles. The molecule has 0 spiro atoms. The van der Waals surface area contributed by atoms with E-state index in [2.05, 4.69) is 93.9 Å². The van der Waals surface area contributed by atoms with E-state index in [1.165, 1.54) is 88.2 Å². The number of hydrogen-bond donors (Lipinski definition) is 0. The van der Waals surface area contributed by atoms with E-state index < -0.39 is 31.3 Å². The Morgan fingerprint density at radius 2 is 0.984 bits per heavy atom. The fourth-order valence-corrected chi connectivity index (χ4v) is 10.7. The predicted molar refractivity (Wildman–Crippen MR) is 247 cm³/mol. The fraction of sp³-hybridized carbons (Fsp3) is 0.553. The van der Waals surface area contributed by atoms with Crippen LogP contribution in [0.1, 0.15) is 118 Å². The van der Waals surface area contributed by atoms with Crippen LogP contribution in [0.3, 0.4) is 0 Å². The summed E-state index contributed by atoms with van der Waals surface area (Å²) in [5.74, 6) is 7.96. The molecule has 8 atom stereocenters. The Labute approximate surface area is 416 Å². The van der Waals surface area contributed by atoms with Crippen LogP contribution in [-0.4, -0.2) is 58.0 Å². The van der Waals surface area contributed by atoms with Gasteiger partial charge in [-0.05, 0) is 166 Å². The van der Waals surface area contributed by atoms with Crippen LogP contribution in [0, 0.1) is 42.4 Å². The third kappa shape index (κ3) is 19.2. The van der Waals surface area contributed by atoms with E-state index in [1.807, 2.05) is 9.71 Å². The molecule has 2 aromatic carbocycles. The molecule has 8 unspecified atom stereocenters. The maximum Gasteiger partial charge on any atom is 2.00 e. The second-order valence-corrected chi connectivity index (χ2v) is 19.8. The van der Waals surface area contributed by atoms with Crippen molar-refractivity contribution in [2.45, 2.75) is 119 Å². The largest absolute Gasteiger partial charge is 2.00 e. The number of halogens is 8. The Morgan fingerprint density at radius 3 is 1.31 bits per heavy atom. The van der Waals surface area contributed by atoms with Gasteiger partial charge in [-0.25, -0.2) is 0 Å². The standard InChI is InChI=1S/C22H30.C19H26O.C4H7.C2F6O5S2.2BrH.Mg/c1-3-5-6-18-8-10-19(11-9-18)21-14-13-20-15-17(4-2)7-12-22(20)16-21;1-3-14-4-5-18-13-17(7-6-16(18)12-14)15-8-10-19(20-2)11-9-15;1-3-4-2;3-1(4,5)14(9,10)13-15(11,12)2(6,7)8;;;/h3-4,8-11,17,20-22H,1-2,5-7,12-16H2;3,8-11,14,16-18H,1,4-7,12-13H2,2H3;3H,1-2,4H2;;2*1H;/q;;-1;;;;+2/p-1. The van der Waals surface area contributed by atoms with Crippen LogP contribution in [0.4, 0.5) is 26.3 Å². The van der Waals surface area contributed by atoms with E-state index in [4.69, 9.17) is 4.74 Å². The second kappa shape index (κ2) is 29.3. The van der Waals surface area contributed by atoms with E-state index in [0.29, 0.717) is 0 Å². The Hall–Kier alpha value is -1.63. The van der Waals surface area contributed by atoms with Gasteiger partial charge in [0.1, 0.15) is 5.75 Å². The minimum absolute atomic E-state index is 0. The number of aryl methyl sites for hydroxylation is 1. The van der Waals surface area contributed by atoms with Crippen molar-refractivity contribution in [2.75, 3.05) is 7.11 Å². The van der Waals surface area contributed by atoms with Crippen molar-refractivity contribution < 1.29 is 68.5 Å². The van der Waals surface area contributed by atoms with Crippen LogP contribution in [0.15, 0.2) is 99.2 Å². The van der Waals surface area contributed by atoms with E-state index in [9.17, 15) is 43.2 Å². The average Bonchev–Trinajstić information content (AvgIpc) is 3.24. The van der Waals surface area contributed by atoms with E-state index >= 15 is 0 Å². The minimum Gasteiger partial charge on any atom is -1.00 e. The molecular weight excluding hydrogens is 1020 g/mol. The number of allylic oxidation sites excluding steroid dienone is 4. The molecule has 4 aliphatic rings. The number of methoxy groups -OCH3 is 1. The molecule has 6 rings (SSSR count). The summed E-state index contributed by atoms with van der Waals surface area (Å²) in [5.41, 5.74) is -7.98. The van der Waals surface area contributed by atoms with Gasteiger partial charge in [-0.15, -0.1) is 53.0 Å². The molecule has 0 radical (unpaired) electrons. The van der Waals surface area contributed by atoms with Crippen molar-refractivity contribution in [3.63, 3.8) is 0 Å². The summed E-state index contributed by atoms with van der Waals surface area (Å²) >= 11 is 0. The summed E-state index contributed by atoms with van der Waals surface area (Å²) in [6, 6.07) is 18.2. The zero-order valence-corrected chi connectivity index (χ0v) is 43.1. The summed E-state index contributed by atoms with van der Waals surface area (Å²) in [7, 11) is -12.0. The number of hydrogen-bond acceptors (Lipinski definition) is 6. The van der Waals surface area contributed by atoms with Gasteiger partial charge in [0.2, 0.25) is 0 Å². The fourth-order valence-electron chi connectivity index (χ4n) is 9.18. The van der Waals surface area contributed by atoms with Gasteiger partial charge in [-0.3, -0.25) is 0 Å². The molecule has 0 bridgehead atoms. The summed E-state index contributed by atoms with van der Waals surface area (Å²) in [4.78, 5) is 0. The molecule has 4 saturated carbocycles. The SMILES string of the molecule is Br.C=CC1CCC2CC(c3ccc(OC)cc3)CCC2C1.C=CCCc1ccc(C2CCC3CC(C=C)CCC3C2)cc1.C=CC[CH2-].O=S(=O)(OS(=O)(=O)C(F)(F)F)C(F)(F)F.[Br-].[Mg+2].